The fourth-order valence-electron chi connectivity index (χ4n) is 1.90. The first-order valence-electron chi connectivity index (χ1n) is 6.74. The van der Waals surface area contributed by atoms with E-state index in [9.17, 15) is 14.7 Å². The highest BCUT2D eigenvalue weighted by Crippen LogP contribution is 2.51. The highest BCUT2D eigenvalue weighted by molar-refractivity contribution is 7.53. The van der Waals surface area contributed by atoms with E-state index in [0.29, 0.717) is 0 Å². The van der Waals surface area contributed by atoms with Crippen LogP contribution in [-0.2, 0) is 15.3 Å². The van der Waals surface area contributed by atoms with Crippen molar-refractivity contribution in [2.75, 3.05) is 6.61 Å². The SMILES string of the molecule is CCOP(=O)(Cc1ccccc1)Oc1ccc([N+](=O)[O-])cc1. The van der Waals surface area contributed by atoms with Gasteiger partial charge in [0.1, 0.15) is 5.75 Å². The van der Waals surface area contributed by atoms with Gasteiger partial charge < -0.3 is 4.52 Å². The minimum Gasteiger partial charge on any atom is -0.424 e. The van der Waals surface area contributed by atoms with Crippen LogP contribution in [0.1, 0.15) is 12.5 Å². The molecule has 0 saturated carbocycles. The Bertz CT molecular complexity index is 672. The van der Waals surface area contributed by atoms with Crippen molar-refractivity contribution in [2.45, 2.75) is 13.1 Å². The summed E-state index contributed by atoms with van der Waals surface area (Å²) >= 11 is 0. The van der Waals surface area contributed by atoms with Gasteiger partial charge in [0.2, 0.25) is 0 Å². The molecule has 0 heterocycles. The van der Waals surface area contributed by atoms with Crippen LogP contribution in [0.4, 0.5) is 5.69 Å². The molecule has 2 aromatic rings. The fourth-order valence-corrected chi connectivity index (χ4v) is 3.60. The Balaban J connectivity index is 2.17. The first-order chi connectivity index (χ1) is 10.5. The summed E-state index contributed by atoms with van der Waals surface area (Å²) in [6.45, 7) is 1.98. The zero-order valence-corrected chi connectivity index (χ0v) is 12.9. The first kappa shape index (κ1) is 16.2. The highest BCUT2D eigenvalue weighted by atomic mass is 31.2. The molecule has 2 aromatic carbocycles. The van der Waals surface area contributed by atoms with Crippen LogP contribution in [0.3, 0.4) is 0 Å². The number of nitro benzene ring substituents is 1. The largest absolute Gasteiger partial charge is 0.424 e. The summed E-state index contributed by atoms with van der Waals surface area (Å²) in [4.78, 5) is 10.1. The third-order valence-corrected chi connectivity index (χ3v) is 4.73. The van der Waals surface area contributed by atoms with Gasteiger partial charge in [0, 0.05) is 12.1 Å². The maximum Gasteiger partial charge on any atom is 0.383 e. The van der Waals surface area contributed by atoms with E-state index in [2.05, 4.69) is 0 Å². The Kier molecular flexibility index (Phi) is 5.31. The molecule has 1 unspecified atom stereocenters. The van der Waals surface area contributed by atoms with Crippen molar-refractivity contribution >= 4 is 13.3 Å². The molecule has 0 radical (unpaired) electrons. The Morgan fingerprint density at radius 3 is 2.27 bits per heavy atom. The molecule has 6 nitrogen and oxygen atoms in total. The number of benzene rings is 2. The van der Waals surface area contributed by atoms with Crippen LogP contribution in [0.15, 0.2) is 54.6 Å². The predicted molar refractivity (Wildman–Crippen MR) is 83.1 cm³/mol. The third-order valence-electron chi connectivity index (χ3n) is 2.84. The molecule has 0 aromatic heterocycles. The van der Waals surface area contributed by atoms with Gasteiger partial charge in [-0.3, -0.25) is 14.6 Å². The van der Waals surface area contributed by atoms with Gasteiger partial charge in [-0.15, -0.1) is 0 Å². The molecule has 1 atom stereocenters. The first-order valence-corrected chi connectivity index (χ1v) is 8.47. The summed E-state index contributed by atoms with van der Waals surface area (Å²) in [5.74, 6) is 0.276. The summed E-state index contributed by atoms with van der Waals surface area (Å²) < 4.78 is 23.6. The Hall–Kier alpha value is -2.17. The molecule has 0 bridgehead atoms. The second kappa shape index (κ2) is 7.20. The summed E-state index contributed by atoms with van der Waals surface area (Å²) in [7, 11) is -3.37. The zero-order valence-electron chi connectivity index (χ0n) is 12.0. The van der Waals surface area contributed by atoms with E-state index in [1.165, 1.54) is 24.3 Å². The van der Waals surface area contributed by atoms with Crippen molar-refractivity contribution in [1.82, 2.24) is 0 Å². The lowest BCUT2D eigenvalue weighted by Gasteiger charge is -2.18. The van der Waals surface area contributed by atoms with E-state index in [4.69, 9.17) is 9.05 Å². The number of hydrogen-bond donors (Lipinski definition) is 0. The summed E-state index contributed by atoms with van der Waals surface area (Å²) in [5, 5.41) is 10.6. The smallest absolute Gasteiger partial charge is 0.383 e. The van der Waals surface area contributed by atoms with Crippen molar-refractivity contribution in [2.24, 2.45) is 0 Å². The molecule has 0 spiro atoms. The normalized spacial score (nSPS) is 13.3. The molecule has 0 saturated heterocycles. The van der Waals surface area contributed by atoms with Crippen molar-refractivity contribution in [3.05, 3.63) is 70.3 Å². The van der Waals surface area contributed by atoms with Crippen molar-refractivity contribution in [1.29, 1.82) is 0 Å². The number of rotatable bonds is 7. The maximum absolute atomic E-state index is 12.8. The standard InChI is InChI=1S/C15H16NO5P/c1-2-20-22(19,12-13-6-4-3-5-7-13)21-15-10-8-14(9-11-15)16(17)18/h3-11H,2,12H2,1H3. The van der Waals surface area contributed by atoms with Gasteiger partial charge in [0.15, 0.2) is 0 Å². The van der Waals surface area contributed by atoms with Gasteiger partial charge in [-0.2, -0.15) is 0 Å². The van der Waals surface area contributed by atoms with Gasteiger partial charge in [0.25, 0.3) is 5.69 Å². The Labute approximate surface area is 128 Å². The Morgan fingerprint density at radius 2 is 1.73 bits per heavy atom. The van der Waals surface area contributed by atoms with E-state index in [0.717, 1.165) is 5.56 Å². The highest BCUT2D eigenvalue weighted by Gasteiger charge is 2.26. The van der Waals surface area contributed by atoms with Crippen molar-refractivity contribution < 1.29 is 18.5 Å². The second-order valence-corrected chi connectivity index (χ2v) is 6.49. The molecule has 2 rings (SSSR count). The number of non-ortho nitro benzene ring substituents is 1. The molecule has 0 amide bonds. The van der Waals surface area contributed by atoms with Crippen LogP contribution in [0, 0.1) is 10.1 Å². The van der Waals surface area contributed by atoms with Gasteiger partial charge in [-0.1, -0.05) is 30.3 Å². The molecular formula is C15H16NO5P. The summed E-state index contributed by atoms with van der Waals surface area (Å²) in [6.07, 6.45) is 0.138. The monoisotopic (exact) mass is 321 g/mol. The molecule has 116 valence electrons. The molecule has 0 aliphatic rings. The summed E-state index contributed by atoms with van der Waals surface area (Å²) in [6, 6.07) is 14.7. The van der Waals surface area contributed by atoms with Crippen LogP contribution in [-0.4, -0.2) is 11.5 Å². The van der Waals surface area contributed by atoms with Gasteiger partial charge in [-0.05, 0) is 24.6 Å². The van der Waals surface area contributed by atoms with Crippen LogP contribution in [0.5, 0.6) is 5.75 Å². The third kappa shape index (κ3) is 4.41. The fraction of sp³-hybridized carbons (Fsp3) is 0.200. The number of nitrogens with zero attached hydrogens (tertiary/aromatic N) is 1. The lowest BCUT2D eigenvalue weighted by Crippen LogP contribution is -2.01. The Morgan fingerprint density at radius 1 is 1.09 bits per heavy atom. The van der Waals surface area contributed by atoms with Gasteiger partial charge in [0.05, 0.1) is 17.7 Å². The van der Waals surface area contributed by atoms with Gasteiger partial charge >= 0.3 is 7.60 Å². The second-order valence-electron chi connectivity index (χ2n) is 4.51. The quantitative estimate of drug-likeness (QED) is 0.429. The molecule has 0 aliphatic carbocycles. The molecule has 22 heavy (non-hydrogen) atoms. The zero-order chi connectivity index (χ0) is 16.0. The summed E-state index contributed by atoms with van der Waals surface area (Å²) in [5.41, 5.74) is 0.780. The van der Waals surface area contributed by atoms with Crippen LogP contribution in [0.2, 0.25) is 0 Å². The number of nitro groups is 1. The van der Waals surface area contributed by atoms with Gasteiger partial charge in [-0.25, -0.2) is 4.57 Å². The van der Waals surface area contributed by atoms with E-state index in [1.54, 1.807) is 6.92 Å². The molecule has 7 heteroatoms. The molecule has 0 fully saturated rings. The van der Waals surface area contributed by atoms with E-state index >= 15 is 0 Å². The van der Waals surface area contributed by atoms with E-state index in [-0.39, 0.29) is 24.2 Å². The molecular weight excluding hydrogens is 305 g/mol. The molecule has 0 aliphatic heterocycles. The van der Waals surface area contributed by atoms with Crippen molar-refractivity contribution in [3.8, 4) is 5.75 Å². The maximum atomic E-state index is 12.8. The average Bonchev–Trinajstić information content (AvgIpc) is 2.48. The molecule has 0 N–H and O–H groups in total. The van der Waals surface area contributed by atoms with Crippen LogP contribution in [0.25, 0.3) is 0 Å². The predicted octanol–water partition coefficient (Wildman–Crippen LogP) is 4.40. The van der Waals surface area contributed by atoms with Crippen LogP contribution >= 0.6 is 7.60 Å². The minimum atomic E-state index is -3.37. The minimum absolute atomic E-state index is 0.0540. The lowest BCUT2D eigenvalue weighted by atomic mass is 10.2. The lowest BCUT2D eigenvalue weighted by molar-refractivity contribution is -0.384. The topological polar surface area (TPSA) is 78.7 Å². The van der Waals surface area contributed by atoms with Crippen molar-refractivity contribution in [3.63, 3.8) is 0 Å². The number of hydrogen-bond acceptors (Lipinski definition) is 5. The average molecular weight is 321 g/mol. The van der Waals surface area contributed by atoms with Crippen LogP contribution < -0.4 is 4.52 Å². The van der Waals surface area contributed by atoms with E-state index < -0.39 is 12.5 Å². The van der Waals surface area contributed by atoms with E-state index in [1.807, 2.05) is 30.3 Å².